The molecule has 0 spiro atoms. The number of benzene rings is 2. The smallest absolute Gasteiger partial charge is 0.216 e. The Morgan fingerprint density at radius 2 is 1.57 bits per heavy atom. The molecule has 0 aromatic heterocycles. The van der Waals surface area contributed by atoms with Gasteiger partial charge in [0.25, 0.3) is 0 Å². The van der Waals surface area contributed by atoms with Crippen LogP contribution in [0.5, 0.6) is 0 Å². The molecule has 0 radical (unpaired) electrons. The van der Waals surface area contributed by atoms with E-state index in [1.165, 1.54) is 18.1 Å². The first kappa shape index (κ1) is 14.0. The number of hydrogen-bond acceptors (Lipinski definition) is 2. The van der Waals surface area contributed by atoms with Crippen LogP contribution in [0.2, 0.25) is 0 Å². The normalized spacial score (nSPS) is 14.3. The van der Waals surface area contributed by atoms with Crippen LogP contribution in [0, 0.1) is 0 Å². The van der Waals surface area contributed by atoms with E-state index in [4.69, 9.17) is 0 Å². The van der Waals surface area contributed by atoms with Crippen molar-refractivity contribution in [3.8, 4) is 11.1 Å². The van der Waals surface area contributed by atoms with Crippen molar-refractivity contribution < 1.29 is 9.00 Å². The lowest BCUT2D eigenvalue weighted by Gasteiger charge is -2.13. The summed E-state index contributed by atoms with van der Waals surface area (Å²) in [4.78, 5) is 10.9. The van der Waals surface area contributed by atoms with Crippen LogP contribution < -0.4 is 5.32 Å². The van der Waals surface area contributed by atoms with Crippen LogP contribution in [-0.4, -0.2) is 22.4 Å². The quantitative estimate of drug-likeness (QED) is 0.943. The summed E-state index contributed by atoms with van der Waals surface area (Å²) < 4.78 is 12.7. The SMILES string of the molecule is CC(=O)NCCS(=O)C1c2ccccc2-c2ccccc21. The summed E-state index contributed by atoms with van der Waals surface area (Å²) in [6, 6.07) is 16.3. The van der Waals surface area contributed by atoms with E-state index in [9.17, 15) is 9.00 Å². The van der Waals surface area contributed by atoms with Crippen LogP contribution in [0.3, 0.4) is 0 Å². The molecule has 1 amide bonds. The topological polar surface area (TPSA) is 46.2 Å². The fraction of sp³-hybridized carbons (Fsp3) is 0.235. The number of rotatable bonds is 4. The van der Waals surface area contributed by atoms with E-state index in [-0.39, 0.29) is 11.2 Å². The standard InChI is InChI=1S/C17H17NO2S/c1-12(19)18-10-11-21(20)17-15-8-4-2-6-13(15)14-7-3-5-9-16(14)17/h2-9,17H,10-11H2,1H3,(H,18,19). The molecule has 0 saturated carbocycles. The summed E-state index contributed by atoms with van der Waals surface area (Å²) in [5.74, 6) is 0.381. The fourth-order valence-corrected chi connectivity index (χ4v) is 4.35. The average molecular weight is 299 g/mol. The highest BCUT2D eigenvalue weighted by Crippen LogP contribution is 2.46. The number of amides is 1. The van der Waals surface area contributed by atoms with Crippen molar-refractivity contribution in [2.75, 3.05) is 12.3 Å². The summed E-state index contributed by atoms with van der Waals surface area (Å²) in [7, 11) is -1.05. The molecule has 1 aliphatic rings. The number of carbonyl (C=O) groups excluding carboxylic acids is 1. The van der Waals surface area contributed by atoms with Gasteiger partial charge in [0.15, 0.2) is 0 Å². The summed E-state index contributed by atoms with van der Waals surface area (Å²) >= 11 is 0. The van der Waals surface area contributed by atoms with Crippen molar-refractivity contribution in [1.29, 1.82) is 0 Å². The van der Waals surface area contributed by atoms with Gasteiger partial charge >= 0.3 is 0 Å². The molecule has 1 N–H and O–H groups in total. The van der Waals surface area contributed by atoms with E-state index in [0.717, 1.165) is 11.1 Å². The van der Waals surface area contributed by atoms with Gasteiger partial charge in [-0.3, -0.25) is 9.00 Å². The fourth-order valence-electron chi connectivity index (χ4n) is 2.84. The minimum absolute atomic E-state index is 0.0841. The minimum Gasteiger partial charge on any atom is -0.355 e. The van der Waals surface area contributed by atoms with Crippen molar-refractivity contribution in [2.24, 2.45) is 0 Å². The van der Waals surface area contributed by atoms with Crippen LogP contribution in [-0.2, 0) is 15.6 Å². The molecule has 4 heteroatoms. The van der Waals surface area contributed by atoms with Gasteiger partial charge < -0.3 is 5.32 Å². The highest BCUT2D eigenvalue weighted by Gasteiger charge is 2.31. The average Bonchev–Trinajstić information content (AvgIpc) is 2.81. The molecule has 0 bridgehead atoms. The third-order valence-corrected chi connectivity index (χ3v) is 5.36. The summed E-state index contributed by atoms with van der Waals surface area (Å²) in [5.41, 5.74) is 4.59. The Hall–Kier alpha value is -1.94. The lowest BCUT2D eigenvalue weighted by atomic mass is 10.1. The molecule has 3 rings (SSSR count). The Kier molecular flexibility index (Phi) is 3.88. The second-order valence-electron chi connectivity index (χ2n) is 5.12. The van der Waals surface area contributed by atoms with Crippen LogP contribution in [0.4, 0.5) is 0 Å². The predicted molar refractivity (Wildman–Crippen MR) is 85.4 cm³/mol. The zero-order chi connectivity index (χ0) is 14.8. The third kappa shape index (κ3) is 2.63. The first-order valence-electron chi connectivity index (χ1n) is 6.98. The van der Waals surface area contributed by atoms with E-state index in [2.05, 4.69) is 29.6 Å². The lowest BCUT2D eigenvalue weighted by Crippen LogP contribution is -2.26. The molecule has 0 aliphatic heterocycles. The van der Waals surface area contributed by atoms with Crippen molar-refractivity contribution in [2.45, 2.75) is 12.2 Å². The zero-order valence-corrected chi connectivity index (χ0v) is 12.7. The summed E-state index contributed by atoms with van der Waals surface area (Å²) in [6.45, 7) is 1.92. The van der Waals surface area contributed by atoms with E-state index < -0.39 is 10.8 Å². The molecule has 108 valence electrons. The number of fused-ring (bicyclic) bond motifs is 3. The largest absolute Gasteiger partial charge is 0.355 e. The Bertz CT molecular complexity index is 666. The molecule has 2 aromatic carbocycles. The highest BCUT2D eigenvalue weighted by molar-refractivity contribution is 7.85. The molecule has 0 saturated heterocycles. The minimum atomic E-state index is -1.05. The first-order valence-corrected chi connectivity index (χ1v) is 8.36. The Morgan fingerprint density at radius 3 is 2.10 bits per heavy atom. The molecule has 0 heterocycles. The second-order valence-corrected chi connectivity index (χ2v) is 6.76. The van der Waals surface area contributed by atoms with Gasteiger partial charge in [-0.25, -0.2) is 0 Å². The van der Waals surface area contributed by atoms with E-state index in [1.807, 2.05) is 24.3 Å². The van der Waals surface area contributed by atoms with Gasteiger partial charge in [-0.05, 0) is 22.3 Å². The molecule has 21 heavy (non-hydrogen) atoms. The van der Waals surface area contributed by atoms with Crippen LogP contribution in [0.1, 0.15) is 23.3 Å². The first-order chi connectivity index (χ1) is 10.2. The molecular formula is C17H17NO2S. The Morgan fingerprint density at radius 1 is 1.05 bits per heavy atom. The lowest BCUT2D eigenvalue weighted by molar-refractivity contribution is -0.118. The van der Waals surface area contributed by atoms with Crippen molar-refractivity contribution in [1.82, 2.24) is 5.32 Å². The number of carbonyl (C=O) groups is 1. The molecule has 1 aliphatic carbocycles. The zero-order valence-electron chi connectivity index (χ0n) is 11.8. The van der Waals surface area contributed by atoms with Crippen LogP contribution in [0.25, 0.3) is 11.1 Å². The van der Waals surface area contributed by atoms with E-state index >= 15 is 0 Å². The maximum Gasteiger partial charge on any atom is 0.216 e. The third-order valence-electron chi connectivity index (χ3n) is 3.72. The molecule has 1 unspecified atom stereocenters. The van der Waals surface area contributed by atoms with Crippen molar-refractivity contribution in [3.63, 3.8) is 0 Å². The van der Waals surface area contributed by atoms with Gasteiger partial charge in [0.05, 0.1) is 5.25 Å². The van der Waals surface area contributed by atoms with Gasteiger partial charge in [-0.2, -0.15) is 0 Å². The van der Waals surface area contributed by atoms with Crippen LogP contribution in [0.15, 0.2) is 48.5 Å². The van der Waals surface area contributed by atoms with Gasteiger partial charge in [0.2, 0.25) is 5.91 Å². The molecule has 2 aromatic rings. The Labute approximate surface area is 126 Å². The second kappa shape index (κ2) is 5.82. The molecular weight excluding hydrogens is 282 g/mol. The van der Waals surface area contributed by atoms with Gasteiger partial charge in [-0.1, -0.05) is 48.5 Å². The number of nitrogens with one attached hydrogen (secondary N) is 1. The van der Waals surface area contributed by atoms with Crippen molar-refractivity contribution >= 4 is 16.7 Å². The number of hydrogen-bond donors (Lipinski definition) is 1. The van der Waals surface area contributed by atoms with Gasteiger partial charge in [0, 0.05) is 30.0 Å². The van der Waals surface area contributed by atoms with Gasteiger partial charge in [0.1, 0.15) is 0 Å². The van der Waals surface area contributed by atoms with Crippen LogP contribution >= 0.6 is 0 Å². The van der Waals surface area contributed by atoms with E-state index in [1.54, 1.807) is 0 Å². The molecule has 3 nitrogen and oxygen atoms in total. The maximum absolute atomic E-state index is 12.7. The Balaban J connectivity index is 1.91. The monoisotopic (exact) mass is 299 g/mol. The van der Waals surface area contributed by atoms with Crippen molar-refractivity contribution in [3.05, 3.63) is 59.7 Å². The predicted octanol–water partition coefficient (Wildman–Crippen LogP) is 2.64. The molecule has 0 fully saturated rings. The van der Waals surface area contributed by atoms with Gasteiger partial charge in [-0.15, -0.1) is 0 Å². The maximum atomic E-state index is 12.7. The summed E-state index contributed by atoms with van der Waals surface area (Å²) in [5, 5.41) is 2.62. The highest BCUT2D eigenvalue weighted by atomic mass is 32.2. The summed E-state index contributed by atoms with van der Waals surface area (Å²) in [6.07, 6.45) is 0. The van der Waals surface area contributed by atoms with E-state index in [0.29, 0.717) is 12.3 Å². The molecule has 1 atom stereocenters.